The second-order valence-electron chi connectivity index (χ2n) is 5.10. The third kappa shape index (κ3) is 2.08. The minimum Gasteiger partial charge on any atom is -0.385 e. The molecule has 0 fully saturated rings. The van der Waals surface area contributed by atoms with E-state index in [4.69, 9.17) is 0 Å². The standard InChI is InChI=1S/C15H17NOS/c1-11-10-18-14(16-11)9-15(17)8-4-6-12-5-2-3-7-13(12)15/h2-3,5,7,10,17H,4,6,8-9H2,1H3. The molecule has 1 aliphatic rings. The molecule has 1 aliphatic carbocycles. The number of thiazole rings is 1. The molecule has 0 saturated heterocycles. The summed E-state index contributed by atoms with van der Waals surface area (Å²) in [5.74, 6) is 0. The molecule has 1 heterocycles. The Labute approximate surface area is 111 Å². The molecule has 3 rings (SSSR count). The number of aryl methyl sites for hydroxylation is 2. The molecule has 0 bridgehead atoms. The Morgan fingerprint density at radius 3 is 3.00 bits per heavy atom. The SMILES string of the molecule is Cc1csc(CC2(O)CCCc3ccccc32)n1. The van der Waals surface area contributed by atoms with Crippen molar-refractivity contribution in [2.45, 2.75) is 38.2 Å². The molecular formula is C15H17NOS. The molecule has 2 aromatic rings. The van der Waals surface area contributed by atoms with E-state index in [0.29, 0.717) is 6.42 Å². The van der Waals surface area contributed by atoms with Crippen molar-refractivity contribution in [3.63, 3.8) is 0 Å². The predicted octanol–water partition coefficient (Wildman–Crippen LogP) is 3.22. The highest BCUT2D eigenvalue weighted by Gasteiger charge is 2.34. The lowest BCUT2D eigenvalue weighted by molar-refractivity contribution is 0.0190. The van der Waals surface area contributed by atoms with E-state index in [-0.39, 0.29) is 0 Å². The maximum Gasteiger partial charge on any atom is 0.0962 e. The summed E-state index contributed by atoms with van der Waals surface area (Å²) < 4.78 is 0. The molecular weight excluding hydrogens is 242 g/mol. The fourth-order valence-electron chi connectivity index (χ4n) is 2.82. The van der Waals surface area contributed by atoms with Crippen molar-refractivity contribution in [1.82, 2.24) is 4.98 Å². The maximum absolute atomic E-state index is 11.0. The van der Waals surface area contributed by atoms with Crippen molar-refractivity contribution < 1.29 is 5.11 Å². The van der Waals surface area contributed by atoms with E-state index in [2.05, 4.69) is 23.2 Å². The summed E-state index contributed by atoms with van der Waals surface area (Å²) in [6, 6.07) is 8.27. The van der Waals surface area contributed by atoms with Gasteiger partial charge >= 0.3 is 0 Å². The molecule has 1 N–H and O–H groups in total. The molecule has 0 spiro atoms. The van der Waals surface area contributed by atoms with E-state index in [1.807, 2.05) is 18.4 Å². The zero-order valence-electron chi connectivity index (χ0n) is 10.5. The van der Waals surface area contributed by atoms with Crippen molar-refractivity contribution >= 4 is 11.3 Å². The Balaban J connectivity index is 1.95. The summed E-state index contributed by atoms with van der Waals surface area (Å²) in [6.07, 6.45) is 3.61. The lowest BCUT2D eigenvalue weighted by Gasteiger charge is -2.34. The highest BCUT2D eigenvalue weighted by atomic mass is 32.1. The second kappa shape index (κ2) is 4.48. The lowest BCUT2D eigenvalue weighted by atomic mass is 9.77. The van der Waals surface area contributed by atoms with E-state index in [1.54, 1.807) is 11.3 Å². The Morgan fingerprint density at radius 2 is 2.22 bits per heavy atom. The molecule has 1 aromatic carbocycles. The normalized spacial score (nSPS) is 22.8. The van der Waals surface area contributed by atoms with Gasteiger partial charge in [-0.1, -0.05) is 24.3 Å². The minimum atomic E-state index is -0.723. The number of aliphatic hydroxyl groups is 1. The van der Waals surface area contributed by atoms with Gasteiger partial charge in [-0.05, 0) is 37.3 Å². The van der Waals surface area contributed by atoms with Gasteiger partial charge in [0, 0.05) is 17.5 Å². The number of nitrogens with zero attached hydrogens (tertiary/aromatic N) is 1. The molecule has 2 nitrogen and oxygen atoms in total. The van der Waals surface area contributed by atoms with Crippen molar-refractivity contribution in [2.75, 3.05) is 0 Å². The van der Waals surface area contributed by atoms with E-state index < -0.39 is 5.60 Å². The molecule has 18 heavy (non-hydrogen) atoms. The van der Waals surface area contributed by atoms with Crippen LogP contribution in [0.2, 0.25) is 0 Å². The Hall–Kier alpha value is -1.19. The smallest absolute Gasteiger partial charge is 0.0962 e. The summed E-state index contributed by atoms with van der Waals surface area (Å²) in [6.45, 7) is 2.00. The summed E-state index contributed by atoms with van der Waals surface area (Å²) >= 11 is 1.65. The third-order valence-corrected chi connectivity index (χ3v) is 4.63. The first-order chi connectivity index (χ1) is 8.67. The number of hydrogen-bond acceptors (Lipinski definition) is 3. The highest BCUT2D eigenvalue weighted by Crippen LogP contribution is 2.38. The van der Waals surface area contributed by atoms with Gasteiger partial charge in [0.2, 0.25) is 0 Å². The summed E-state index contributed by atoms with van der Waals surface area (Å²) in [5, 5.41) is 14.0. The van der Waals surface area contributed by atoms with Gasteiger partial charge in [-0.15, -0.1) is 11.3 Å². The predicted molar refractivity (Wildman–Crippen MR) is 73.8 cm³/mol. The average molecular weight is 259 g/mol. The summed E-state index contributed by atoms with van der Waals surface area (Å²) in [7, 11) is 0. The highest BCUT2D eigenvalue weighted by molar-refractivity contribution is 7.09. The van der Waals surface area contributed by atoms with Crippen LogP contribution in [0, 0.1) is 6.92 Å². The van der Waals surface area contributed by atoms with Gasteiger partial charge in [0.05, 0.1) is 10.6 Å². The molecule has 0 saturated carbocycles. The molecule has 0 radical (unpaired) electrons. The number of hydrogen-bond donors (Lipinski definition) is 1. The van der Waals surface area contributed by atoms with Crippen LogP contribution in [0.1, 0.15) is 34.7 Å². The van der Waals surface area contributed by atoms with E-state index >= 15 is 0 Å². The zero-order valence-corrected chi connectivity index (χ0v) is 11.3. The largest absolute Gasteiger partial charge is 0.385 e. The van der Waals surface area contributed by atoms with Crippen molar-refractivity contribution in [3.05, 3.63) is 51.5 Å². The fraction of sp³-hybridized carbons (Fsp3) is 0.400. The van der Waals surface area contributed by atoms with Gasteiger partial charge in [0.15, 0.2) is 0 Å². The molecule has 1 atom stereocenters. The minimum absolute atomic E-state index is 0.641. The second-order valence-corrected chi connectivity index (χ2v) is 6.04. The van der Waals surface area contributed by atoms with Crippen LogP contribution in [0.3, 0.4) is 0 Å². The fourth-order valence-corrected chi connectivity index (χ4v) is 3.69. The van der Waals surface area contributed by atoms with Crippen molar-refractivity contribution in [1.29, 1.82) is 0 Å². The monoisotopic (exact) mass is 259 g/mol. The Bertz CT molecular complexity index is 563. The lowest BCUT2D eigenvalue weighted by Crippen LogP contribution is -2.32. The van der Waals surface area contributed by atoms with Crippen LogP contribution in [0.4, 0.5) is 0 Å². The van der Waals surface area contributed by atoms with Gasteiger partial charge in [0.1, 0.15) is 0 Å². The Kier molecular flexibility index (Phi) is 2.96. The van der Waals surface area contributed by atoms with Crippen LogP contribution in [0.5, 0.6) is 0 Å². The van der Waals surface area contributed by atoms with Crippen molar-refractivity contribution in [2.24, 2.45) is 0 Å². The molecule has 3 heteroatoms. The van der Waals surface area contributed by atoms with Crippen LogP contribution in [0.15, 0.2) is 29.6 Å². The summed E-state index contributed by atoms with van der Waals surface area (Å²) in [4.78, 5) is 4.48. The van der Waals surface area contributed by atoms with Crippen LogP contribution < -0.4 is 0 Å². The number of fused-ring (bicyclic) bond motifs is 1. The van der Waals surface area contributed by atoms with E-state index in [0.717, 1.165) is 35.5 Å². The van der Waals surface area contributed by atoms with E-state index in [9.17, 15) is 5.11 Å². The van der Waals surface area contributed by atoms with Crippen LogP contribution in [0.25, 0.3) is 0 Å². The molecule has 0 aliphatic heterocycles. The topological polar surface area (TPSA) is 33.1 Å². The number of benzene rings is 1. The first-order valence-corrected chi connectivity index (χ1v) is 7.27. The van der Waals surface area contributed by atoms with Gasteiger partial charge < -0.3 is 5.11 Å². The summed E-state index contributed by atoms with van der Waals surface area (Å²) in [5.41, 5.74) is 2.71. The maximum atomic E-state index is 11.0. The van der Waals surface area contributed by atoms with Gasteiger partial charge in [-0.25, -0.2) is 4.98 Å². The quantitative estimate of drug-likeness (QED) is 0.898. The number of aromatic nitrogens is 1. The van der Waals surface area contributed by atoms with Crippen molar-refractivity contribution in [3.8, 4) is 0 Å². The van der Waals surface area contributed by atoms with Gasteiger partial charge in [-0.2, -0.15) is 0 Å². The van der Waals surface area contributed by atoms with Crippen LogP contribution in [-0.4, -0.2) is 10.1 Å². The molecule has 1 aromatic heterocycles. The molecule has 94 valence electrons. The first-order valence-electron chi connectivity index (χ1n) is 6.39. The van der Waals surface area contributed by atoms with E-state index in [1.165, 1.54) is 5.56 Å². The first kappa shape index (κ1) is 11.9. The molecule has 0 amide bonds. The van der Waals surface area contributed by atoms with Crippen LogP contribution in [-0.2, 0) is 18.4 Å². The van der Waals surface area contributed by atoms with Crippen LogP contribution >= 0.6 is 11.3 Å². The third-order valence-electron chi connectivity index (χ3n) is 3.67. The number of rotatable bonds is 2. The Morgan fingerprint density at radius 1 is 1.39 bits per heavy atom. The van der Waals surface area contributed by atoms with Gasteiger partial charge in [-0.3, -0.25) is 0 Å². The molecule has 1 unspecified atom stereocenters. The zero-order chi connectivity index (χ0) is 12.6. The average Bonchev–Trinajstić information content (AvgIpc) is 2.75. The van der Waals surface area contributed by atoms with Gasteiger partial charge in [0.25, 0.3) is 0 Å².